The van der Waals surface area contributed by atoms with E-state index >= 15 is 0 Å². The van der Waals surface area contributed by atoms with Gasteiger partial charge in [-0.1, -0.05) is 36.4 Å². The van der Waals surface area contributed by atoms with Crippen LogP contribution in [0, 0.1) is 20.2 Å². The van der Waals surface area contributed by atoms with E-state index in [1.54, 1.807) is 36.4 Å². The molecule has 0 heterocycles. The minimum Gasteiger partial charge on any atom is -0.258 e. The molecule has 0 radical (unpaired) electrons. The van der Waals surface area contributed by atoms with Gasteiger partial charge in [-0.05, 0) is 11.1 Å². The van der Waals surface area contributed by atoms with Gasteiger partial charge in [-0.2, -0.15) is 0 Å². The number of nitro benzene ring substituents is 2. The van der Waals surface area contributed by atoms with Crippen molar-refractivity contribution in [2.24, 2.45) is 0 Å². The first-order chi connectivity index (χ1) is 9.56. The first-order valence-corrected chi connectivity index (χ1v) is 5.73. The molecule has 0 spiro atoms. The average molecular weight is 270 g/mol. The maximum atomic E-state index is 10.7. The van der Waals surface area contributed by atoms with Crippen LogP contribution in [0.1, 0.15) is 11.1 Å². The van der Waals surface area contributed by atoms with Crippen molar-refractivity contribution >= 4 is 23.5 Å². The van der Waals surface area contributed by atoms with Crippen LogP contribution in [0.15, 0.2) is 48.5 Å². The van der Waals surface area contributed by atoms with E-state index in [1.165, 1.54) is 24.3 Å². The fourth-order valence-corrected chi connectivity index (χ4v) is 1.68. The van der Waals surface area contributed by atoms with Crippen molar-refractivity contribution in [2.45, 2.75) is 0 Å². The topological polar surface area (TPSA) is 86.3 Å². The second kappa shape index (κ2) is 5.75. The molecule has 2 aromatic rings. The number of nitrogens with zero attached hydrogens (tertiary/aromatic N) is 2. The summed E-state index contributed by atoms with van der Waals surface area (Å²) in [7, 11) is 0. The van der Waals surface area contributed by atoms with Crippen molar-refractivity contribution in [3.8, 4) is 0 Å². The Morgan fingerprint density at radius 1 is 0.750 bits per heavy atom. The monoisotopic (exact) mass is 270 g/mol. The molecule has 0 saturated carbocycles. The largest absolute Gasteiger partial charge is 0.270 e. The molecule has 6 heteroatoms. The SMILES string of the molecule is O=[N+]([O-])c1cccc(C=Cc2cccc([N+](=O)[O-])c2)c1. The summed E-state index contributed by atoms with van der Waals surface area (Å²) in [5.74, 6) is 0. The molecule has 0 unspecified atom stereocenters. The quantitative estimate of drug-likeness (QED) is 0.481. The Kier molecular flexibility index (Phi) is 3.85. The zero-order chi connectivity index (χ0) is 14.5. The molecule has 0 aliphatic rings. The summed E-state index contributed by atoms with van der Waals surface area (Å²) in [5, 5.41) is 21.3. The van der Waals surface area contributed by atoms with Crippen molar-refractivity contribution in [1.82, 2.24) is 0 Å². The zero-order valence-corrected chi connectivity index (χ0v) is 10.3. The van der Waals surface area contributed by atoms with Gasteiger partial charge < -0.3 is 0 Å². The van der Waals surface area contributed by atoms with E-state index in [0.29, 0.717) is 11.1 Å². The Labute approximate surface area is 114 Å². The van der Waals surface area contributed by atoms with E-state index in [0.717, 1.165) is 0 Å². The first-order valence-electron chi connectivity index (χ1n) is 5.73. The summed E-state index contributed by atoms with van der Waals surface area (Å²) in [6.45, 7) is 0. The summed E-state index contributed by atoms with van der Waals surface area (Å²) < 4.78 is 0. The van der Waals surface area contributed by atoms with E-state index in [9.17, 15) is 20.2 Å². The van der Waals surface area contributed by atoms with E-state index < -0.39 is 9.85 Å². The van der Waals surface area contributed by atoms with Crippen molar-refractivity contribution in [3.05, 3.63) is 79.9 Å². The summed E-state index contributed by atoms with van der Waals surface area (Å²) in [4.78, 5) is 20.4. The van der Waals surface area contributed by atoms with Gasteiger partial charge >= 0.3 is 0 Å². The van der Waals surface area contributed by atoms with Crippen LogP contribution in [0.5, 0.6) is 0 Å². The van der Waals surface area contributed by atoms with Crippen molar-refractivity contribution in [2.75, 3.05) is 0 Å². The van der Waals surface area contributed by atoms with Crippen molar-refractivity contribution in [3.63, 3.8) is 0 Å². The molecule has 0 saturated heterocycles. The van der Waals surface area contributed by atoms with Gasteiger partial charge in [0.15, 0.2) is 0 Å². The molecule has 2 aromatic carbocycles. The summed E-state index contributed by atoms with van der Waals surface area (Å²) in [6.07, 6.45) is 3.35. The number of hydrogen-bond donors (Lipinski definition) is 0. The van der Waals surface area contributed by atoms with Crippen LogP contribution in [0.3, 0.4) is 0 Å². The lowest BCUT2D eigenvalue weighted by Gasteiger charge is -1.96. The minimum atomic E-state index is -0.468. The van der Waals surface area contributed by atoms with E-state index in [1.807, 2.05) is 0 Å². The summed E-state index contributed by atoms with van der Waals surface area (Å²) >= 11 is 0. The van der Waals surface area contributed by atoms with Gasteiger partial charge in [-0.3, -0.25) is 20.2 Å². The van der Waals surface area contributed by atoms with E-state index in [-0.39, 0.29) is 11.4 Å². The predicted molar refractivity (Wildman–Crippen MR) is 75.1 cm³/mol. The molecule has 20 heavy (non-hydrogen) atoms. The molecule has 0 N–H and O–H groups in total. The molecule has 0 aliphatic carbocycles. The maximum Gasteiger partial charge on any atom is 0.270 e. The first kappa shape index (κ1) is 13.4. The van der Waals surface area contributed by atoms with Crippen LogP contribution >= 0.6 is 0 Å². The number of non-ortho nitro benzene ring substituents is 2. The van der Waals surface area contributed by atoms with Crippen LogP contribution < -0.4 is 0 Å². The standard InChI is InChI=1S/C14H10N2O4/c17-15(18)13-5-1-3-11(9-13)7-8-12-4-2-6-14(10-12)16(19)20/h1-10H. The van der Waals surface area contributed by atoms with Gasteiger partial charge in [0.2, 0.25) is 0 Å². The molecule has 0 fully saturated rings. The van der Waals surface area contributed by atoms with Crippen LogP contribution in [0.25, 0.3) is 12.2 Å². The Balaban J connectivity index is 2.25. The summed E-state index contributed by atoms with van der Waals surface area (Å²) in [6, 6.07) is 12.3. The molecular formula is C14H10N2O4. The third-order valence-electron chi connectivity index (χ3n) is 2.63. The molecule has 2 rings (SSSR count). The predicted octanol–water partition coefficient (Wildman–Crippen LogP) is 3.67. The number of benzene rings is 2. The molecule has 100 valence electrons. The molecule has 0 aliphatic heterocycles. The summed E-state index contributed by atoms with van der Waals surface area (Å²) in [5.41, 5.74) is 1.33. The molecular weight excluding hydrogens is 260 g/mol. The van der Waals surface area contributed by atoms with Gasteiger partial charge in [-0.25, -0.2) is 0 Å². The average Bonchev–Trinajstić information content (AvgIpc) is 2.45. The highest BCUT2D eigenvalue weighted by molar-refractivity contribution is 5.71. The Morgan fingerprint density at radius 3 is 1.50 bits per heavy atom. The van der Waals surface area contributed by atoms with Gasteiger partial charge in [0.25, 0.3) is 11.4 Å². The highest BCUT2D eigenvalue weighted by Gasteiger charge is 2.05. The highest BCUT2D eigenvalue weighted by atomic mass is 16.6. The number of rotatable bonds is 4. The fraction of sp³-hybridized carbons (Fsp3) is 0. The lowest BCUT2D eigenvalue weighted by Crippen LogP contribution is -1.88. The molecule has 0 aromatic heterocycles. The minimum absolute atomic E-state index is 0.00573. The van der Waals surface area contributed by atoms with Gasteiger partial charge in [-0.15, -0.1) is 0 Å². The Morgan fingerprint density at radius 2 is 1.15 bits per heavy atom. The van der Waals surface area contributed by atoms with E-state index in [2.05, 4.69) is 0 Å². The maximum absolute atomic E-state index is 10.7. The van der Waals surface area contributed by atoms with E-state index in [4.69, 9.17) is 0 Å². The second-order valence-electron chi connectivity index (χ2n) is 4.04. The normalized spacial score (nSPS) is 10.6. The molecule has 0 atom stereocenters. The smallest absolute Gasteiger partial charge is 0.258 e. The van der Waals surface area contributed by atoms with Gasteiger partial charge in [0, 0.05) is 24.3 Å². The second-order valence-corrected chi connectivity index (χ2v) is 4.04. The third-order valence-corrected chi connectivity index (χ3v) is 2.63. The fourth-order valence-electron chi connectivity index (χ4n) is 1.68. The number of hydrogen-bond acceptors (Lipinski definition) is 4. The van der Waals surface area contributed by atoms with Gasteiger partial charge in [0.1, 0.15) is 0 Å². The molecule has 0 bridgehead atoms. The molecule has 0 amide bonds. The van der Waals surface area contributed by atoms with Crippen molar-refractivity contribution < 1.29 is 9.85 Å². The highest BCUT2D eigenvalue weighted by Crippen LogP contribution is 2.18. The van der Waals surface area contributed by atoms with Crippen LogP contribution in [0.4, 0.5) is 11.4 Å². The van der Waals surface area contributed by atoms with Crippen molar-refractivity contribution in [1.29, 1.82) is 0 Å². The lowest BCUT2D eigenvalue weighted by atomic mass is 10.1. The zero-order valence-electron chi connectivity index (χ0n) is 10.3. The van der Waals surface area contributed by atoms with Crippen LogP contribution in [0.2, 0.25) is 0 Å². The third kappa shape index (κ3) is 3.26. The van der Waals surface area contributed by atoms with Gasteiger partial charge in [0.05, 0.1) is 9.85 Å². The van der Waals surface area contributed by atoms with Crippen LogP contribution in [-0.2, 0) is 0 Å². The lowest BCUT2D eigenvalue weighted by molar-refractivity contribution is -0.385. The molecule has 6 nitrogen and oxygen atoms in total. The number of nitro groups is 2. The van der Waals surface area contributed by atoms with Crippen LogP contribution in [-0.4, -0.2) is 9.85 Å². The Hall–Kier alpha value is -3.02. The Bertz CT molecular complexity index is 636.